The molecule has 0 aliphatic carbocycles. The van der Waals surface area contributed by atoms with Crippen molar-refractivity contribution in [3.05, 3.63) is 6.20 Å². The molecule has 112 valence electrons. The van der Waals surface area contributed by atoms with Crippen LogP contribution in [0.1, 0.15) is 19.3 Å². The van der Waals surface area contributed by atoms with Crippen LogP contribution >= 0.6 is 0 Å². The number of ether oxygens (including phenoxy) is 1. The number of anilines is 2. The second-order valence-corrected chi connectivity index (χ2v) is 5.26. The van der Waals surface area contributed by atoms with Gasteiger partial charge < -0.3 is 20.3 Å². The van der Waals surface area contributed by atoms with Crippen molar-refractivity contribution >= 4 is 11.8 Å². The Morgan fingerprint density at radius 2 is 2.30 bits per heavy atom. The van der Waals surface area contributed by atoms with Gasteiger partial charge in [0.1, 0.15) is 0 Å². The zero-order valence-corrected chi connectivity index (χ0v) is 12.3. The second-order valence-electron chi connectivity index (χ2n) is 5.26. The van der Waals surface area contributed by atoms with E-state index in [4.69, 9.17) is 4.74 Å². The van der Waals surface area contributed by atoms with Crippen LogP contribution in [-0.2, 0) is 4.74 Å². The average molecular weight is 280 g/mol. The number of nitrogens with one attached hydrogen (secondary N) is 2. The molecular formula is C13H24N6O. The maximum atomic E-state index is 5.55. The number of hydrogen-bond donors (Lipinski definition) is 2. The summed E-state index contributed by atoms with van der Waals surface area (Å²) in [6.07, 6.45) is 5.22. The minimum Gasteiger partial charge on any atom is -0.376 e. The first-order valence-electron chi connectivity index (χ1n) is 7.18. The quantitative estimate of drug-likeness (QED) is 0.683. The van der Waals surface area contributed by atoms with Crippen LogP contribution in [0.2, 0.25) is 0 Å². The van der Waals surface area contributed by atoms with Gasteiger partial charge in [-0.25, -0.2) is 0 Å². The van der Waals surface area contributed by atoms with E-state index in [1.54, 1.807) is 6.20 Å². The molecule has 1 aromatic heterocycles. The van der Waals surface area contributed by atoms with Crippen LogP contribution in [0.3, 0.4) is 0 Å². The van der Waals surface area contributed by atoms with Crippen molar-refractivity contribution in [1.82, 2.24) is 20.1 Å². The highest BCUT2D eigenvalue weighted by molar-refractivity contribution is 5.36. The van der Waals surface area contributed by atoms with E-state index < -0.39 is 0 Å². The van der Waals surface area contributed by atoms with E-state index in [0.29, 0.717) is 5.95 Å². The standard InChI is InChI=1S/C13H24N6O/c1-19(2)7-4-6-14-12-10-16-18-13(17-12)15-9-11-5-3-8-20-11/h10-11H,3-9H2,1-2H3,(H2,14,15,17,18). The van der Waals surface area contributed by atoms with Crippen LogP contribution in [-0.4, -0.2) is 66.5 Å². The summed E-state index contributed by atoms with van der Waals surface area (Å²) in [5, 5.41) is 14.4. The first-order valence-corrected chi connectivity index (χ1v) is 7.18. The van der Waals surface area contributed by atoms with Gasteiger partial charge in [-0.3, -0.25) is 0 Å². The summed E-state index contributed by atoms with van der Waals surface area (Å²) >= 11 is 0. The van der Waals surface area contributed by atoms with Gasteiger partial charge in [-0.2, -0.15) is 10.1 Å². The molecule has 2 heterocycles. The predicted octanol–water partition coefficient (Wildman–Crippen LogP) is 0.826. The smallest absolute Gasteiger partial charge is 0.244 e. The van der Waals surface area contributed by atoms with Gasteiger partial charge in [0.15, 0.2) is 5.82 Å². The Bertz CT molecular complexity index is 394. The van der Waals surface area contributed by atoms with Gasteiger partial charge in [0.25, 0.3) is 0 Å². The highest BCUT2D eigenvalue weighted by Crippen LogP contribution is 2.12. The Hall–Kier alpha value is -1.47. The van der Waals surface area contributed by atoms with Crippen LogP contribution in [0.4, 0.5) is 11.8 Å². The number of rotatable bonds is 8. The average Bonchev–Trinajstić information content (AvgIpc) is 2.95. The molecule has 1 aliphatic rings. The van der Waals surface area contributed by atoms with Gasteiger partial charge in [0.05, 0.1) is 12.3 Å². The lowest BCUT2D eigenvalue weighted by Gasteiger charge is -2.12. The molecule has 1 fully saturated rings. The molecule has 0 saturated carbocycles. The van der Waals surface area contributed by atoms with E-state index in [9.17, 15) is 0 Å². The monoisotopic (exact) mass is 280 g/mol. The summed E-state index contributed by atoms with van der Waals surface area (Å²) in [5.41, 5.74) is 0. The Kier molecular flexibility index (Phi) is 5.94. The summed E-state index contributed by atoms with van der Waals surface area (Å²) in [6, 6.07) is 0. The van der Waals surface area contributed by atoms with Gasteiger partial charge in [0, 0.05) is 19.7 Å². The Morgan fingerprint density at radius 3 is 3.05 bits per heavy atom. The van der Waals surface area contributed by atoms with E-state index in [0.717, 1.165) is 51.3 Å². The van der Waals surface area contributed by atoms with Gasteiger partial charge in [-0.1, -0.05) is 0 Å². The van der Waals surface area contributed by atoms with E-state index in [2.05, 4.69) is 44.8 Å². The molecule has 1 aromatic rings. The zero-order chi connectivity index (χ0) is 14.2. The molecule has 1 atom stereocenters. The highest BCUT2D eigenvalue weighted by atomic mass is 16.5. The number of nitrogens with zero attached hydrogens (tertiary/aromatic N) is 4. The summed E-state index contributed by atoms with van der Waals surface area (Å²) in [4.78, 5) is 6.55. The van der Waals surface area contributed by atoms with Crippen molar-refractivity contribution in [2.24, 2.45) is 0 Å². The molecule has 0 bridgehead atoms. The summed E-state index contributed by atoms with van der Waals surface area (Å²) in [6.45, 7) is 3.53. The molecule has 0 aromatic carbocycles. The molecular weight excluding hydrogens is 256 g/mol. The summed E-state index contributed by atoms with van der Waals surface area (Å²) in [5.74, 6) is 1.31. The SMILES string of the molecule is CN(C)CCCNc1cnnc(NCC2CCCO2)n1. The molecule has 20 heavy (non-hydrogen) atoms. The molecule has 1 aliphatic heterocycles. The second kappa shape index (κ2) is 7.96. The molecule has 0 amide bonds. The lowest BCUT2D eigenvalue weighted by atomic mass is 10.2. The molecule has 2 N–H and O–H groups in total. The highest BCUT2D eigenvalue weighted by Gasteiger charge is 2.15. The third-order valence-corrected chi connectivity index (χ3v) is 3.16. The van der Waals surface area contributed by atoms with Gasteiger partial charge >= 0.3 is 0 Å². The Morgan fingerprint density at radius 1 is 1.40 bits per heavy atom. The van der Waals surface area contributed by atoms with Crippen LogP contribution < -0.4 is 10.6 Å². The fraction of sp³-hybridized carbons (Fsp3) is 0.769. The van der Waals surface area contributed by atoms with Gasteiger partial charge in [0.2, 0.25) is 5.95 Å². The molecule has 7 nitrogen and oxygen atoms in total. The third kappa shape index (κ3) is 5.26. The first kappa shape index (κ1) is 14.9. The van der Waals surface area contributed by atoms with Crippen LogP contribution in [0.5, 0.6) is 0 Å². The number of hydrogen-bond acceptors (Lipinski definition) is 7. The summed E-state index contributed by atoms with van der Waals surface area (Å²) < 4.78 is 5.55. The molecule has 1 unspecified atom stereocenters. The van der Waals surface area contributed by atoms with E-state index in [1.807, 2.05) is 0 Å². The van der Waals surface area contributed by atoms with Crippen LogP contribution in [0.15, 0.2) is 6.20 Å². The molecule has 0 radical (unpaired) electrons. The largest absolute Gasteiger partial charge is 0.376 e. The molecule has 7 heteroatoms. The van der Waals surface area contributed by atoms with Crippen molar-refractivity contribution in [3.63, 3.8) is 0 Å². The fourth-order valence-electron chi connectivity index (χ4n) is 2.09. The molecule has 2 rings (SSSR count). The van der Waals surface area contributed by atoms with Gasteiger partial charge in [-0.05, 0) is 39.9 Å². The lowest BCUT2D eigenvalue weighted by molar-refractivity contribution is 0.120. The summed E-state index contributed by atoms with van der Waals surface area (Å²) in [7, 11) is 4.14. The minimum absolute atomic E-state index is 0.273. The Balaban J connectivity index is 1.72. The van der Waals surface area contributed by atoms with E-state index in [1.165, 1.54) is 0 Å². The van der Waals surface area contributed by atoms with Crippen molar-refractivity contribution in [3.8, 4) is 0 Å². The predicted molar refractivity (Wildman–Crippen MR) is 79.0 cm³/mol. The van der Waals surface area contributed by atoms with Crippen molar-refractivity contribution in [2.75, 3.05) is 51.0 Å². The van der Waals surface area contributed by atoms with Gasteiger partial charge in [-0.15, -0.1) is 5.10 Å². The van der Waals surface area contributed by atoms with Crippen molar-refractivity contribution in [1.29, 1.82) is 0 Å². The Labute approximate surface area is 120 Å². The lowest BCUT2D eigenvalue weighted by Crippen LogP contribution is -2.20. The zero-order valence-electron chi connectivity index (χ0n) is 12.3. The normalized spacial score (nSPS) is 18.4. The first-order chi connectivity index (χ1) is 9.74. The third-order valence-electron chi connectivity index (χ3n) is 3.16. The fourth-order valence-corrected chi connectivity index (χ4v) is 2.09. The number of aromatic nitrogens is 3. The topological polar surface area (TPSA) is 75.2 Å². The maximum Gasteiger partial charge on any atom is 0.244 e. The minimum atomic E-state index is 0.273. The molecule has 1 saturated heterocycles. The van der Waals surface area contributed by atoms with E-state index in [-0.39, 0.29) is 6.10 Å². The maximum absolute atomic E-state index is 5.55. The van der Waals surface area contributed by atoms with E-state index >= 15 is 0 Å². The molecule has 0 spiro atoms. The van der Waals surface area contributed by atoms with Crippen molar-refractivity contribution in [2.45, 2.75) is 25.4 Å². The van der Waals surface area contributed by atoms with Crippen LogP contribution in [0.25, 0.3) is 0 Å². The van der Waals surface area contributed by atoms with Crippen LogP contribution in [0, 0.1) is 0 Å². The van der Waals surface area contributed by atoms with Crippen molar-refractivity contribution < 1.29 is 4.74 Å².